The zero-order valence-corrected chi connectivity index (χ0v) is 10.2. The molecule has 0 aromatic heterocycles. The molecule has 1 aromatic rings. The molecule has 1 fully saturated rings. The zero-order chi connectivity index (χ0) is 12.3. The lowest BCUT2D eigenvalue weighted by atomic mass is 10.0. The number of rotatable bonds is 4. The van der Waals surface area contributed by atoms with Crippen LogP contribution in [0.2, 0.25) is 5.02 Å². The normalized spacial score (nSPS) is 24.1. The van der Waals surface area contributed by atoms with E-state index in [-0.39, 0.29) is 5.75 Å². The van der Waals surface area contributed by atoms with E-state index >= 15 is 0 Å². The number of aromatic hydroxyl groups is 1. The van der Waals surface area contributed by atoms with Gasteiger partial charge in [-0.2, -0.15) is 0 Å². The maximum absolute atomic E-state index is 10.0. The number of hydrogen-bond acceptors (Lipinski definition) is 4. The predicted molar refractivity (Wildman–Crippen MR) is 65.2 cm³/mol. The van der Waals surface area contributed by atoms with Crippen LogP contribution in [0.4, 0.5) is 0 Å². The van der Waals surface area contributed by atoms with E-state index in [2.05, 4.69) is 5.32 Å². The molecule has 0 spiro atoms. The van der Waals surface area contributed by atoms with E-state index in [1.807, 2.05) is 0 Å². The maximum Gasteiger partial charge on any atom is 0.121 e. The van der Waals surface area contributed by atoms with Crippen molar-refractivity contribution in [2.75, 3.05) is 19.8 Å². The number of phenolic OH excluding ortho intramolecular Hbond substituents is 1. The summed E-state index contributed by atoms with van der Waals surface area (Å²) in [5, 5.41) is 23.3. The molecule has 0 bridgehead atoms. The van der Waals surface area contributed by atoms with Crippen molar-refractivity contribution in [2.24, 2.45) is 0 Å². The van der Waals surface area contributed by atoms with E-state index < -0.39 is 5.60 Å². The highest BCUT2D eigenvalue weighted by molar-refractivity contribution is 6.31. The molecular weight excluding hydrogens is 242 g/mol. The van der Waals surface area contributed by atoms with Gasteiger partial charge in [0.15, 0.2) is 0 Å². The quantitative estimate of drug-likeness (QED) is 0.761. The summed E-state index contributed by atoms with van der Waals surface area (Å²) in [4.78, 5) is 0. The fourth-order valence-electron chi connectivity index (χ4n) is 1.88. The Morgan fingerprint density at radius 3 is 2.94 bits per heavy atom. The summed E-state index contributed by atoms with van der Waals surface area (Å²) in [6.07, 6.45) is 0.633. The average Bonchev–Trinajstić information content (AvgIpc) is 2.70. The monoisotopic (exact) mass is 257 g/mol. The van der Waals surface area contributed by atoms with Crippen molar-refractivity contribution < 1.29 is 14.9 Å². The second kappa shape index (κ2) is 5.23. The highest BCUT2D eigenvalue weighted by Crippen LogP contribution is 2.25. The first-order valence-corrected chi connectivity index (χ1v) is 5.96. The Bertz CT molecular complexity index is 371. The number of halogens is 1. The number of hydrogen-bond donors (Lipinski definition) is 3. The topological polar surface area (TPSA) is 61.7 Å². The number of nitrogens with one attached hydrogen (secondary N) is 1. The van der Waals surface area contributed by atoms with E-state index in [0.29, 0.717) is 43.3 Å². The molecule has 1 aromatic carbocycles. The van der Waals surface area contributed by atoms with Gasteiger partial charge in [-0.1, -0.05) is 17.7 Å². The number of ether oxygens (including phenoxy) is 1. The van der Waals surface area contributed by atoms with Crippen molar-refractivity contribution in [1.82, 2.24) is 5.32 Å². The van der Waals surface area contributed by atoms with Crippen LogP contribution in [0.1, 0.15) is 12.0 Å². The van der Waals surface area contributed by atoms with Crippen molar-refractivity contribution in [3.8, 4) is 5.75 Å². The van der Waals surface area contributed by atoms with Gasteiger partial charge in [-0.25, -0.2) is 0 Å². The third kappa shape index (κ3) is 3.10. The summed E-state index contributed by atoms with van der Waals surface area (Å²) in [5.74, 6) is 0.166. The molecule has 1 atom stereocenters. The Kier molecular flexibility index (Phi) is 3.89. The van der Waals surface area contributed by atoms with Crippen LogP contribution in [0.15, 0.2) is 18.2 Å². The number of benzene rings is 1. The molecule has 1 heterocycles. The SMILES string of the molecule is Oc1cccc(Cl)c1CNCC1(O)CCOC1. The minimum absolute atomic E-state index is 0.166. The first kappa shape index (κ1) is 12.6. The Hall–Kier alpha value is -0.810. The van der Waals surface area contributed by atoms with Gasteiger partial charge >= 0.3 is 0 Å². The first-order valence-electron chi connectivity index (χ1n) is 5.58. The smallest absolute Gasteiger partial charge is 0.121 e. The van der Waals surface area contributed by atoms with Crippen molar-refractivity contribution >= 4 is 11.6 Å². The first-order chi connectivity index (χ1) is 8.11. The molecule has 1 aliphatic heterocycles. The van der Waals surface area contributed by atoms with Crippen LogP contribution in [0, 0.1) is 0 Å². The van der Waals surface area contributed by atoms with E-state index in [1.54, 1.807) is 18.2 Å². The van der Waals surface area contributed by atoms with E-state index in [9.17, 15) is 10.2 Å². The van der Waals surface area contributed by atoms with Gasteiger partial charge in [0.1, 0.15) is 11.4 Å². The van der Waals surface area contributed by atoms with Crippen molar-refractivity contribution in [3.05, 3.63) is 28.8 Å². The van der Waals surface area contributed by atoms with Crippen molar-refractivity contribution in [3.63, 3.8) is 0 Å². The van der Waals surface area contributed by atoms with Crippen LogP contribution in [-0.4, -0.2) is 35.6 Å². The molecule has 17 heavy (non-hydrogen) atoms. The molecule has 5 heteroatoms. The fraction of sp³-hybridized carbons (Fsp3) is 0.500. The van der Waals surface area contributed by atoms with E-state index in [0.717, 1.165) is 0 Å². The average molecular weight is 258 g/mol. The molecule has 2 rings (SSSR count). The Labute approximate surface area is 105 Å². The van der Waals surface area contributed by atoms with Crippen LogP contribution < -0.4 is 5.32 Å². The van der Waals surface area contributed by atoms with Gasteiger partial charge in [-0.3, -0.25) is 0 Å². The van der Waals surface area contributed by atoms with Crippen LogP contribution in [-0.2, 0) is 11.3 Å². The van der Waals surface area contributed by atoms with Crippen LogP contribution in [0.25, 0.3) is 0 Å². The lowest BCUT2D eigenvalue weighted by Crippen LogP contribution is -2.40. The molecule has 94 valence electrons. The van der Waals surface area contributed by atoms with Gasteiger partial charge < -0.3 is 20.3 Å². The molecule has 0 saturated carbocycles. The van der Waals surface area contributed by atoms with E-state index in [4.69, 9.17) is 16.3 Å². The lowest BCUT2D eigenvalue weighted by Gasteiger charge is -2.21. The van der Waals surface area contributed by atoms with E-state index in [1.165, 1.54) is 0 Å². The second-order valence-electron chi connectivity index (χ2n) is 4.37. The Morgan fingerprint density at radius 1 is 1.47 bits per heavy atom. The highest BCUT2D eigenvalue weighted by atomic mass is 35.5. The lowest BCUT2D eigenvalue weighted by molar-refractivity contribution is 0.0268. The van der Waals surface area contributed by atoms with Crippen LogP contribution >= 0.6 is 11.6 Å². The minimum atomic E-state index is -0.795. The summed E-state index contributed by atoms with van der Waals surface area (Å²) in [6.45, 7) is 1.80. The molecule has 0 radical (unpaired) electrons. The Balaban J connectivity index is 1.90. The summed E-state index contributed by atoms with van der Waals surface area (Å²) in [7, 11) is 0. The number of phenols is 1. The zero-order valence-electron chi connectivity index (χ0n) is 9.45. The number of aliphatic hydroxyl groups is 1. The maximum atomic E-state index is 10.0. The van der Waals surface area contributed by atoms with Gasteiger partial charge in [0, 0.05) is 36.7 Å². The van der Waals surface area contributed by atoms with Gasteiger partial charge in [-0.05, 0) is 12.1 Å². The molecule has 0 amide bonds. The molecule has 1 aliphatic rings. The van der Waals surface area contributed by atoms with Crippen molar-refractivity contribution in [1.29, 1.82) is 0 Å². The molecule has 0 aliphatic carbocycles. The van der Waals surface area contributed by atoms with Crippen molar-refractivity contribution in [2.45, 2.75) is 18.6 Å². The molecule has 1 saturated heterocycles. The minimum Gasteiger partial charge on any atom is -0.508 e. The van der Waals surface area contributed by atoms with Crippen LogP contribution in [0.5, 0.6) is 5.75 Å². The third-order valence-electron chi connectivity index (χ3n) is 2.93. The van der Waals surface area contributed by atoms with Gasteiger partial charge in [0.2, 0.25) is 0 Å². The van der Waals surface area contributed by atoms with Crippen LogP contribution in [0.3, 0.4) is 0 Å². The summed E-state index contributed by atoms with van der Waals surface area (Å²) < 4.78 is 5.14. The van der Waals surface area contributed by atoms with Gasteiger partial charge in [-0.15, -0.1) is 0 Å². The molecule has 3 N–H and O–H groups in total. The molecular formula is C12H16ClNO3. The Morgan fingerprint density at radius 2 is 2.29 bits per heavy atom. The highest BCUT2D eigenvalue weighted by Gasteiger charge is 2.31. The largest absolute Gasteiger partial charge is 0.508 e. The third-order valence-corrected chi connectivity index (χ3v) is 3.29. The fourth-order valence-corrected chi connectivity index (χ4v) is 2.11. The molecule has 1 unspecified atom stereocenters. The van der Waals surface area contributed by atoms with Gasteiger partial charge in [0.05, 0.1) is 6.61 Å². The van der Waals surface area contributed by atoms with Gasteiger partial charge in [0.25, 0.3) is 0 Å². The summed E-state index contributed by atoms with van der Waals surface area (Å²) in [6, 6.07) is 5.02. The summed E-state index contributed by atoms with van der Waals surface area (Å²) >= 11 is 5.97. The standard InChI is InChI=1S/C12H16ClNO3/c13-10-2-1-3-11(15)9(10)6-14-7-12(16)4-5-17-8-12/h1-3,14-16H,4-8H2. The summed E-state index contributed by atoms with van der Waals surface area (Å²) in [5.41, 5.74) is -0.145. The predicted octanol–water partition coefficient (Wildman–Crippen LogP) is 1.29. The second-order valence-corrected chi connectivity index (χ2v) is 4.78. The molecule has 4 nitrogen and oxygen atoms in total.